The third-order valence-electron chi connectivity index (χ3n) is 1.36. The first-order valence-corrected chi connectivity index (χ1v) is 3.40. The largest absolute Gasteiger partial charge is 0.257 e. The third kappa shape index (κ3) is 2.04. The third-order valence-corrected chi connectivity index (χ3v) is 1.36. The summed E-state index contributed by atoms with van der Waals surface area (Å²) in [5.41, 5.74) is 5.30. The molecule has 0 aliphatic carbocycles. The van der Waals surface area contributed by atoms with Crippen molar-refractivity contribution in [2.45, 2.75) is 20.3 Å². The predicted octanol–water partition coefficient (Wildman–Crippen LogP) is 2.47. The number of rotatable bonds is 0. The highest BCUT2D eigenvalue weighted by Gasteiger charge is 1.86. The lowest BCUT2D eigenvalue weighted by molar-refractivity contribution is 1.23. The molecule has 0 amide bonds. The summed E-state index contributed by atoms with van der Waals surface area (Å²) in [6.45, 7) is 4.03. The second-order valence-electron chi connectivity index (χ2n) is 2.43. The van der Waals surface area contributed by atoms with Crippen LogP contribution in [0.1, 0.15) is 20.3 Å². The van der Waals surface area contributed by atoms with Crippen molar-refractivity contribution in [2.75, 3.05) is 0 Å². The van der Waals surface area contributed by atoms with Crippen LogP contribution < -0.4 is 0 Å². The fraction of sp³-hybridized carbons (Fsp3) is 0.333. The van der Waals surface area contributed by atoms with Gasteiger partial charge in [-0.3, -0.25) is 4.99 Å². The summed E-state index contributed by atoms with van der Waals surface area (Å²) in [7, 11) is 0. The molecule has 0 saturated heterocycles. The number of aliphatic imine (C=N–C) groups is 1. The summed E-state index contributed by atoms with van der Waals surface area (Å²) in [6, 6.07) is 0. The Morgan fingerprint density at radius 1 is 1.50 bits per heavy atom. The molecule has 0 radical (unpaired) electrons. The van der Waals surface area contributed by atoms with Crippen molar-refractivity contribution in [3.05, 3.63) is 29.2 Å². The molecule has 1 heterocycles. The minimum Gasteiger partial charge on any atom is -0.257 e. The average Bonchev–Trinajstić information content (AvgIpc) is 1.84. The van der Waals surface area contributed by atoms with Crippen molar-refractivity contribution in [3.8, 4) is 0 Å². The van der Waals surface area contributed by atoms with E-state index in [1.54, 1.807) is 0 Å². The van der Waals surface area contributed by atoms with E-state index < -0.39 is 0 Å². The van der Waals surface area contributed by atoms with E-state index in [2.05, 4.69) is 23.7 Å². The second kappa shape index (κ2) is 3.19. The van der Waals surface area contributed by atoms with Gasteiger partial charge in [-0.2, -0.15) is 0 Å². The van der Waals surface area contributed by atoms with E-state index in [0.717, 1.165) is 12.1 Å². The van der Waals surface area contributed by atoms with Crippen LogP contribution in [0.2, 0.25) is 0 Å². The van der Waals surface area contributed by atoms with E-state index in [1.165, 1.54) is 5.57 Å². The molecule has 1 rings (SSSR count). The highest BCUT2D eigenvalue weighted by Crippen LogP contribution is 2.01. The van der Waals surface area contributed by atoms with Gasteiger partial charge in [-0.15, -0.1) is 0 Å². The zero-order chi connectivity index (χ0) is 7.40. The van der Waals surface area contributed by atoms with Crippen molar-refractivity contribution >= 4 is 6.21 Å². The first kappa shape index (κ1) is 7.04. The Kier molecular flexibility index (Phi) is 2.24. The van der Waals surface area contributed by atoms with Gasteiger partial charge in [0, 0.05) is 12.6 Å². The maximum Gasteiger partial charge on any atom is 0.0785 e. The van der Waals surface area contributed by atoms with E-state index in [-0.39, 0.29) is 0 Å². The second-order valence-corrected chi connectivity index (χ2v) is 2.43. The van der Waals surface area contributed by atoms with Crippen LogP contribution >= 0.6 is 0 Å². The molecular formula is C9H11N. The minimum absolute atomic E-state index is 0.948. The Morgan fingerprint density at radius 2 is 2.30 bits per heavy atom. The molecule has 0 saturated carbocycles. The van der Waals surface area contributed by atoms with E-state index in [4.69, 9.17) is 0 Å². The Morgan fingerprint density at radius 3 is 3.10 bits per heavy atom. The minimum atomic E-state index is 0.948. The Bertz CT molecular complexity index is 237. The lowest BCUT2D eigenvalue weighted by Crippen LogP contribution is -1.80. The molecule has 1 aliphatic heterocycles. The van der Waals surface area contributed by atoms with Crippen LogP contribution in [-0.2, 0) is 0 Å². The first-order chi connectivity index (χ1) is 4.79. The molecule has 0 fully saturated rings. The van der Waals surface area contributed by atoms with Crippen LogP contribution in [0.25, 0.3) is 0 Å². The monoisotopic (exact) mass is 133 g/mol. The maximum atomic E-state index is 4.14. The molecule has 1 aliphatic rings. The standard InChI is InChI=1S/C9H11N/c1-8-4-3-5-9(2)10-7-6-8/h3-4,7H,6H2,1-2H3/b8-4-,10-7?. The Balaban J connectivity index is 2.92. The molecule has 52 valence electrons. The fourth-order valence-electron chi connectivity index (χ4n) is 0.736. The fourth-order valence-corrected chi connectivity index (χ4v) is 0.736. The summed E-state index contributed by atoms with van der Waals surface area (Å²) >= 11 is 0. The van der Waals surface area contributed by atoms with Crippen LogP contribution in [0, 0.1) is 0 Å². The molecule has 0 aromatic carbocycles. The van der Waals surface area contributed by atoms with Gasteiger partial charge in [-0.25, -0.2) is 0 Å². The van der Waals surface area contributed by atoms with Crippen LogP contribution in [-0.4, -0.2) is 6.21 Å². The normalized spacial score (nSPS) is 22.6. The number of hydrogen-bond acceptors (Lipinski definition) is 1. The summed E-state index contributed by atoms with van der Waals surface area (Å²) in [5.74, 6) is 0. The molecule has 0 atom stereocenters. The van der Waals surface area contributed by atoms with E-state index in [0.29, 0.717) is 0 Å². The van der Waals surface area contributed by atoms with Gasteiger partial charge in [0.25, 0.3) is 0 Å². The molecular weight excluding hydrogens is 122 g/mol. The van der Waals surface area contributed by atoms with Crippen LogP contribution in [0.5, 0.6) is 0 Å². The van der Waals surface area contributed by atoms with E-state index >= 15 is 0 Å². The molecule has 1 nitrogen and oxygen atoms in total. The van der Waals surface area contributed by atoms with Crippen LogP contribution in [0.15, 0.2) is 34.1 Å². The summed E-state index contributed by atoms with van der Waals surface area (Å²) in [6.07, 6.45) is 6.85. The van der Waals surface area contributed by atoms with Gasteiger partial charge in [-0.05, 0) is 19.9 Å². The first-order valence-electron chi connectivity index (χ1n) is 3.40. The van der Waals surface area contributed by atoms with Gasteiger partial charge in [0.15, 0.2) is 0 Å². The van der Waals surface area contributed by atoms with Gasteiger partial charge in [0.2, 0.25) is 0 Å². The topological polar surface area (TPSA) is 12.4 Å². The van der Waals surface area contributed by atoms with Gasteiger partial charge in [0.1, 0.15) is 0 Å². The van der Waals surface area contributed by atoms with Gasteiger partial charge in [0.05, 0.1) is 5.70 Å². The zero-order valence-electron chi connectivity index (χ0n) is 6.39. The van der Waals surface area contributed by atoms with Gasteiger partial charge in [-0.1, -0.05) is 17.4 Å². The number of allylic oxidation sites excluding steroid dienone is 3. The molecule has 0 N–H and O–H groups in total. The Labute approximate surface area is 61.5 Å². The molecule has 1 heteroatoms. The lowest BCUT2D eigenvalue weighted by Gasteiger charge is -1.94. The SMILES string of the molecule is CC1=C=C/C=C(/C)CC=N1. The predicted molar refractivity (Wildman–Crippen MR) is 44.1 cm³/mol. The van der Waals surface area contributed by atoms with Crippen molar-refractivity contribution in [1.29, 1.82) is 0 Å². The van der Waals surface area contributed by atoms with Crippen LogP contribution in [0.3, 0.4) is 0 Å². The highest BCUT2D eigenvalue weighted by molar-refractivity contribution is 5.62. The summed E-state index contributed by atoms with van der Waals surface area (Å²) in [4.78, 5) is 4.14. The van der Waals surface area contributed by atoms with Gasteiger partial charge >= 0.3 is 0 Å². The van der Waals surface area contributed by atoms with Gasteiger partial charge < -0.3 is 0 Å². The zero-order valence-corrected chi connectivity index (χ0v) is 6.39. The number of nitrogens with zero attached hydrogens (tertiary/aromatic N) is 1. The number of hydrogen-bond donors (Lipinski definition) is 0. The van der Waals surface area contributed by atoms with E-state index in [9.17, 15) is 0 Å². The highest BCUT2D eigenvalue weighted by atomic mass is 14.7. The maximum absolute atomic E-state index is 4.14. The Hall–Kier alpha value is -1.07. The molecule has 10 heavy (non-hydrogen) atoms. The van der Waals surface area contributed by atoms with E-state index in [1.807, 2.05) is 19.2 Å². The lowest BCUT2D eigenvalue weighted by atomic mass is 10.2. The smallest absolute Gasteiger partial charge is 0.0785 e. The van der Waals surface area contributed by atoms with Crippen molar-refractivity contribution in [2.24, 2.45) is 4.99 Å². The quantitative estimate of drug-likeness (QED) is 0.450. The molecule has 0 bridgehead atoms. The van der Waals surface area contributed by atoms with Crippen molar-refractivity contribution < 1.29 is 0 Å². The van der Waals surface area contributed by atoms with Crippen molar-refractivity contribution in [3.63, 3.8) is 0 Å². The summed E-state index contributed by atoms with van der Waals surface area (Å²) < 4.78 is 0. The van der Waals surface area contributed by atoms with Crippen LogP contribution in [0.4, 0.5) is 0 Å². The molecule has 0 aromatic heterocycles. The molecule has 0 aromatic rings. The average molecular weight is 133 g/mol. The summed E-state index contributed by atoms with van der Waals surface area (Å²) in [5, 5.41) is 0. The van der Waals surface area contributed by atoms with Crippen molar-refractivity contribution in [1.82, 2.24) is 0 Å². The molecule has 0 spiro atoms. The molecule has 0 unspecified atom stereocenters.